The van der Waals surface area contributed by atoms with Crippen molar-refractivity contribution in [1.29, 1.82) is 0 Å². The van der Waals surface area contributed by atoms with Crippen molar-refractivity contribution in [3.8, 4) is 0 Å². The fraction of sp³-hybridized carbons (Fsp3) is 0.571. The third kappa shape index (κ3) is 3.99. The van der Waals surface area contributed by atoms with Gasteiger partial charge in [-0.1, -0.05) is 23.2 Å². The number of nitro benzene ring substituents is 1. The Kier molecular flexibility index (Phi) is 5.67. The number of nitro groups is 1. The molecule has 1 aliphatic heterocycles. The van der Waals surface area contributed by atoms with E-state index in [-0.39, 0.29) is 10.7 Å². The van der Waals surface area contributed by atoms with Crippen LogP contribution in [0.2, 0.25) is 10.0 Å². The van der Waals surface area contributed by atoms with Crippen LogP contribution >= 0.6 is 23.2 Å². The van der Waals surface area contributed by atoms with Crippen LogP contribution in [-0.4, -0.2) is 31.1 Å². The van der Waals surface area contributed by atoms with Crippen molar-refractivity contribution in [2.45, 2.75) is 19.8 Å². The van der Waals surface area contributed by atoms with E-state index in [1.54, 1.807) is 6.07 Å². The highest BCUT2D eigenvalue weighted by atomic mass is 35.5. The predicted octanol–water partition coefficient (Wildman–Crippen LogP) is 3.73. The summed E-state index contributed by atoms with van der Waals surface area (Å²) in [6.07, 6.45) is 2.18. The Morgan fingerprint density at radius 1 is 1.33 bits per heavy atom. The summed E-state index contributed by atoms with van der Waals surface area (Å²) in [5.41, 5.74) is 0.565. The van der Waals surface area contributed by atoms with Gasteiger partial charge in [-0.2, -0.15) is 0 Å². The Morgan fingerprint density at radius 3 is 2.52 bits per heavy atom. The first-order valence-corrected chi connectivity index (χ1v) is 7.87. The van der Waals surface area contributed by atoms with Crippen LogP contribution in [0.4, 0.5) is 11.4 Å². The first-order valence-electron chi connectivity index (χ1n) is 7.12. The van der Waals surface area contributed by atoms with Crippen LogP contribution in [0.25, 0.3) is 0 Å². The summed E-state index contributed by atoms with van der Waals surface area (Å²) in [5, 5.41) is 15.2. The van der Waals surface area contributed by atoms with Gasteiger partial charge in [-0.05, 0) is 44.8 Å². The van der Waals surface area contributed by atoms with Gasteiger partial charge in [0.15, 0.2) is 0 Å². The lowest BCUT2D eigenvalue weighted by atomic mass is 9.97. The number of halogens is 2. The third-order valence-corrected chi connectivity index (χ3v) is 4.60. The molecule has 0 spiro atoms. The smallest absolute Gasteiger partial charge is 0.294 e. The maximum absolute atomic E-state index is 11.3. The van der Waals surface area contributed by atoms with Crippen molar-refractivity contribution in [2.24, 2.45) is 5.92 Å². The maximum atomic E-state index is 11.3. The molecule has 0 aromatic heterocycles. The fourth-order valence-corrected chi connectivity index (χ4v) is 3.01. The summed E-state index contributed by atoms with van der Waals surface area (Å²) >= 11 is 11.9. The van der Waals surface area contributed by atoms with Crippen molar-refractivity contribution in [3.63, 3.8) is 0 Å². The molecule has 21 heavy (non-hydrogen) atoms. The van der Waals surface area contributed by atoms with Crippen molar-refractivity contribution in [2.75, 3.05) is 31.1 Å². The van der Waals surface area contributed by atoms with Gasteiger partial charge in [0.25, 0.3) is 5.69 Å². The Labute approximate surface area is 134 Å². The number of hydrogen-bond donors (Lipinski definition) is 1. The minimum absolute atomic E-state index is 0.0141. The minimum atomic E-state index is -0.400. The lowest BCUT2D eigenvalue weighted by Crippen LogP contribution is -2.36. The summed E-state index contributed by atoms with van der Waals surface area (Å²) in [6.45, 7) is 5.50. The van der Waals surface area contributed by atoms with Gasteiger partial charge in [0, 0.05) is 19.2 Å². The zero-order valence-corrected chi connectivity index (χ0v) is 13.5. The summed E-state index contributed by atoms with van der Waals surface area (Å²) in [7, 11) is 0. The molecule has 7 heteroatoms. The second-order valence-corrected chi connectivity index (χ2v) is 6.06. The number of nitrogens with one attached hydrogen (secondary N) is 1. The van der Waals surface area contributed by atoms with Crippen molar-refractivity contribution in [3.05, 3.63) is 32.3 Å². The first-order chi connectivity index (χ1) is 10.0. The largest absolute Gasteiger partial charge is 0.366 e. The van der Waals surface area contributed by atoms with Gasteiger partial charge in [-0.3, -0.25) is 10.1 Å². The monoisotopic (exact) mass is 331 g/mol. The van der Waals surface area contributed by atoms with Gasteiger partial charge < -0.3 is 10.2 Å². The molecule has 1 saturated heterocycles. The molecule has 0 unspecified atom stereocenters. The first kappa shape index (κ1) is 16.3. The van der Waals surface area contributed by atoms with Crippen LogP contribution in [0.3, 0.4) is 0 Å². The van der Waals surface area contributed by atoms with Crippen LogP contribution in [0.5, 0.6) is 0 Å². The molecule has 1 N–H and O–H groups in total. The van der Waals surface area contributed by atoms with Gasteiger partial charge >= 0.3 is 0 Å². The van der Waals surface area contributed by atoms with Gasteiger partial charge in [0.05, 0.1) is 15.0 Å². The predicted molar refractivity (Wildman–Crippen MR) is 86.6 cm³/mol. The van der Waals surface area contributed by atoms with Crippen LogP contribution < -0.4 is 10.2 Å². The van der Waals surface area contributed by atoms with Crippen LogP contribution in [0, 0.1) is 16.0 Å². The zero-order valence-electron chi connectivity index (χ0n) is 11.9. The summed E-state index contributed by atoms with van der Waals surface area (Å²) in [4.78, 5) is 12.9. The second-order valence-electron chi connectivity index (χ2n) is 5.24. The van der Waals surface area contributed by atoms with E-state index in [9.17, 15) is 10.1 Å². The van der Waals surface area contributed by atoms with Crippen LogP contribution in [0.1, 0.15) is 19.8 Å². The van der Waals surface area contributed by atoms with E-state index in [0.29, 0.717) is 23.2 Å². The molecule has 1 heterocycles. The normalized spacial score (nSPS) is 16.0. The average Bonchev–Trinajstić information content (AvgIpc) is 2.48. The molecule has 0 radical (unpaired) electrons. The van der Waals surface area contributed by atoms with Gasteiger partial charge in [0.2, 0.25) is 0 Å². The highest BCUT2D eigenvalue weighted by Gasteiger charge is 2.24. The number of hydrogen-bond acceptors (Lipinski definition) is 4. The SMILES string of the molecule is CCN(CC1CCNCC1)c1cc(Cl)c(Cl)cc1[N+](=O)[O-]. The molecule has 2 rings (SSSR count). The molecular weight excluding hydrogens is 313 g/mol. The Hall–Kier alpha value is -1.04. The number of nitrogens with zero attached hydrogens (tertiary/aromatic N) is 2. The number of rotatable bonds is 5. The molecule has 0 atom stereocenters. The highest BCUT2D eigenvalue weighted by Crippen LogP contribution is 2.36. The topological polar surface area (TPSA) is 58.4 Å². The lowest BCUT2D eigenvalue weighted by molar-refractivity contribution is -0.384. The maximum Gasteiger partial charge on any atom is 0.294 e. The summed E-state index contributed by atoms with van der Waals surface area (Å²) in [6, 6.07) is 2.94. The number of anilines is 1. The van der Waals surface area contributed by atoms with E-state index in [2.05, 4.69) is 5.32 Å². The molecule has 1 aliphatic rings. The van der Waals surface area contributed by atoms with Crippen molar-refractivity contribution in [1.82, 2.24) is 5.32 Å². The molecule has 116 valence electrons. The zero-order chi connectivity index (χ0) is 15.4. The molecule has 1 aromatic carbocycles. The lowest BCUT2D eigenvalue weighted by Gasteiger charge is -2.30. The molecule has 1 aromatic rings. The van der Waals surface area contributed by atoms with E-state index in [0.717, 1.165) is 32.5 Å². The molecule has 0 amide bonds. The van der Waals surface area contributed by atoms with Crippen LogP contribution in [-0.2, 0) is 0 Å². The van der Waals surface area contributed by atoms with E-state index < -0.39 is 4.92 Å². The molecule has 1 fully saturated rings. The quantitative estimate of drug-likeness (QED) is 0.659. The average molecular weight is 332 g/mol. The number of benzene rings is 1. The standard InChI is InChI=1S/C14H19Cl2N3O2/c1-2-18(9-10-3-5-17-6-4-10)13-7-11(15)12(16)8-14(13)19(20)21/h7-8,10,17H,2-6,9H2,1H3. The van der Waals surface area contributed by atoms with E-state index in [1.807, 2.05) is 11.8 Å². The molecule has 5 nitrogen and oxygen atoms in total. The van der Waals surface area contributed by atoms with Gasteiger partial charge in [-0.25, -0.2) is 0 Å². The van der Waals surface area contributed by atoms with E-state index in [1.165, 1.54) is 6.07 Å². The van der Waals surface area contributed by atoms with E-state index in [4.69, 9.17) is 23.2 Å². The second kappa shape index (κ2) is 7.29. The summed E-state index contributed by atoms with van der Waals surface area (Å²) < 4.78 is 0. The van der Waals surface area contributed by atoms with Gasteiger partial charge in [-0.15, -0.1) is 0 Å². The van der Waals surface area contributed by atoms with Gasteiger partial charge in [0.1, 0.15) is 5.69 Å². The fourth-order valence-electron chi connectivity index (χ4n) is 2.70. The van der Waals surface area contributed by atoms with E-state index >= 15 is 0 Å². The van der Waals surface area contributed by atoms with Crippen molar-refractivity contribution < 1.29 is 4.92 Å². The third-order valence-electron chi connectivity index (χ3n) is 3.87. The highest BCUT2D eigenvalue weighted by molar-refractivity contribution is 6.42. The molecule has 0 saturated carbocycles. The van der Waals surface area contributed by atoms with Crippen LogP contribution in [0.15, 0.2) is 12.1 Å². The number of piperidine rings is 1. The molecule has 0 aliphatic carbocycles. The Bertz CT molecular complexity index is 519. The van der Waals surface area contributed by atoms with Crippen molar-refractivity contribution >= 4 is 34.6 Å². The summed E-state index contributed by atoms with van der Waals surface area (Å²) in [5.74, 6) is 0.542. The molecule has 0 bridgehead atoms. The Balaban J connectivity index is 2.27. The Morgan fingerprint density at radius 2 is 1.95 bits per heavy atom. The minimum Gasteiger partial charge on any atom is -0.366 e. The molecular formula is C14H19Cl2N3O2.